The van der Waals surface area contributed by atoms with Gasteiger partial charge >= 0.3 is 0 Å². The fourth-order valence-electron chi connectivity index (χ4n) is 2.34. The van der Waals surface area contributed by atoms with Gasteiger partial charge in [-0.3, -0.25) is 4.90 Å². The highest BCUT2D eigenvalue weighted by atomic mass is 15.2. The van der Waals surface area contributed by atoms with Crippen molar-refractivity contribution < 1.29 is 0 Å². The first-order valence-electron chi connectivity index (χ1n) is 6.05. The summed E-state index contributed by atoms with van der Waals surface area (Å²) in [6.07, 6.45) is 2.45. The lowest BCUT2D eigenvalue weighted by molar-refractivity contribution is 0.209. The lowest BCUT2D eigenvalue weighted by Gasteiger charge is -2.29. The summed E-state index contributed by atoms with van der Waals surface area (Å²) in [5, 5.41) is 0. The SMILES string of the molecule is CCC(N)C(C)N1CCC(C(C)C)C1. The van der Waals surface area contributed by atoms with Gasteiger partial charge in [-0.05, 0) is 38.1 Å². The van der Waals surface area contributed by atoms with Crippen molar-refractivity contribution in [2.24, 2.45) is 17.6 Å². The van der Waals surface area contributed by atoms with E-state index in [9.17, 15) is 0 Å². The normalized spacial score (nSPS) is 28.3. The lowest BCUT2D eigenvalue weighted by Crippen LogP contribution is -2.44. The lowest BCUT2D eigenvalue weighted by atomic mass is 9.95. The van der Waals surface area contributed by atoms with Crippen molar-refractivity contribution in [3.05, 3.63) is 0 Å². The van der Waals surface area contributed by atoms with E-state index in [2.05, 4.69) is 32.6 Å². The number of rotatable bonds is 4. The number of hydrogen-bond acceptors (Lipinski definition) is 2. The van der Waals surface area contributed by atoms with Gasteiger partial charge in [0.05, 0.1) is 0 Å². The third kappa shape index (κ3) is 2.71. The molecule has 0 bridgehead atoms. The Bertz CT molecular complexity index is 168. The quantitative estimate of drug-likeness (QED) is 0.749. The van der Waals surface area contributed by atoms with Gasteiger partial charge in [-0.2, -0.15) is 0 Å². The number of likely N-dealkylation sites (tertiary alicyclic amines) is 1. The molecule has 3 atom stereocenters. The highest BCUT2D eigenvalue weighted by Gasteiger charge is 2.29. The predicted octanol–water partition coefficient (Wildman–Crippen LogP) is 2.09. The monoisotopic (exact) mass is 198 g/mol. The first-order valence-corrected chi connectivity index (χ1v) is 6.05. The summed E-state index contributed by atoms with van der Waals surface area (Å²) in [6, 6.07) is 0.907. The van der Waals surface area contributed by atoms with E-state index in [1.54, 1.807) is 0 Å². The van der Waals surface area contributed by atoms with Crippen LogP contribution in [0.5, 0.6) is 0 Å². The minimum absolute atomic E-state index is 0.348. The van der Waals surface area contributed by atoms with Gasteiger partial charge in [0.25, 0.3) is 0 Å². The molecular weight excluding hydrogens is 172 g/mol. The van der Waals surface area contributed by atoms with E-state index < -0.39 is 0 Å². The minimum atomic E-state index is 0.348. The van der Waals surface area contributed by atoms with Crippen LogP contribution in [0.1, 0.15) is 40.5 Å². The van der Waals surface area contributed by atoms with Crippen molar-refractivity contribution in [1.29, 1.82) is 0 Å². The molecule has 1 heterocycles. The molecule has 0 aromatic carbocycles. The number of hydrogen-bond donors (Lipinski definition) is 1. The van der Waals surface area contributed by atoms with Gasteiger partial charge in [0.15, 0.2) is 0 Å². The molecule has 0 aromatic rings. The van der Waals surface area contributed by atoms with E-state index in [0.29, 0.717) is 12.1 Å². The van der Waals surface area contributed by atoms with E-state index >= 15 is 0 Å². The third-order valence-corrected chi connectivity index (χ3v) is 3.87. The van der Waals surface area contributed by atoms with E-state index in [-0.39, 0.29) is 0 Å². The van der Waals surface area contributed by atoms with Crippen LogP contribution in [-0.2, 0) is 0 Å². The summed E-state index contributed by atoms with van der Waals surface area (Å²) in [6.45, 7) is 11.6. The summed E-state index contributed by atoms with van der Waals surface area (Å²) in [4.78, 5) is 2.57. The maximum atomic E-state index is 6.08. The molecule has 1 aliphatic heterocycles. The van der Waals surface area contributed by atoms with Crippen molar-refractivity contribution >= 4 is 0 Å². The molecule has 1 saturated heterocycles. The van der Waals surface area contributed by atoms with Crippen LogP contribution in [0.3, 0.4) is 0 Å². The molecule has 1 aliphatic rings. The fraction of sp³-hybridized carbons (Fsp3) is 1.00. The zero-order valence-electron chi connectivity index (χ0n) is 10.2. The third-order valence-electron chi connectivity index (χ3n) is 3.87. The molecule has 1 rings (SSSR count). The standard InChI is InChI=1S/C12H26N2/c1-5-12(13)10(4)14-7-6-11(8-14)9(2)3/h9-12H,5-8,13H2,1-4H3. The molecule has 3 unspecified atom stereocenters. The van der Waals surface area contributed by atoms with Crippen LogP contribution in [0.15, 0.2) is 0 Å². The summed E-state index contributed by atoms with van der Waals surface area (Å²) in [5.74, 6) is 1.71. The molecule has 84 valence electrons. The van der Waals surface area contributed by atoms with Crippen LogP contribution in [-0.4, -0.2) is 30.1 Å². The van der Waals surface area contributed by atoms with Crippen LogP contribution in [0, 0.1) is 11.8 Å². The van der Waals surface area contributed by atoms with E-state index in [1.807, 2.05) is 0 Å². The van der Waals surface area contributed by atoms with E-state index in [0.717, 1.165) is 18.3 Å². The average molecular weight is 198 g/mol. The van der Waals surface area contributed by atoms with Gasteiger partial charge in [-0.1, -0.05) is 20.8 Å². The molecule has 14 heavy (non-hydrogen) atoms. The highest BCUT2D eigenvalue weighted by Crippen LogP contribution is 2.25. The molecule has 0 aromatic heterocycles. The molecule has 0 spiro atoms. The van der Waals surface area contributed by atoms with Crippen LogP contribution >= 0.6 is 0 Å². The van der Waals surface area contributed by atoms with Crippen molar-refractivity contribution in [2.45, 2.75) is 52.6 Å². The second kappa shape index (κ2) is 5.13. The van der Waals surface area contributed by atoms with Gasteiger partial charge in [0, 0.05) is 18.6 Å². The van der Waals surface area contributed by atoms with Crippen LogP contribution < -0.4 is 5.73 Å². The van der Waals surface area contributed by atoms with E-state index in [4.69, 9.17) is 5.73 Å². The van der Waals surface area contributed by atoms with Crippen molar-refractivity contribution in [3.63, 3.8) is 0 Å². The molecule has 0 amide bonds. The van der Waals surface area contributed by atoms with Gasteiger partial charge in [0.2, 0.25) is 0 Å². The topological polar surface area (TPSA) is 29.3 Å². The van der Waals surface area contributed by atoms with Crippen LogP contribution in [0.2, 0.25) is 0 Å². The fourth-order valence-corrected chi connectivity index (χ4v) is 2.34. The van der Waals surface area contributed by atoms with Gasteiger partial charge < -0.3 is 5.73 Å². The van der Waals surface area contributed by atoms with E-state index in [1.165, 1.54) is 19.5 Å². The Balaban J connectivity index is 2.41. The highest BCUT2D eigenvalue weighted by molar-refractivity contribution is 4.85. The second-order valence-electron chi connectivity index (χ2n) is 5.10. The smallest absolute Gasteiger partial charge is 0.0218 e. The Kier molecular flexibility index (Phi) is 4.39. The van der Waals surface area contributed by atoms with Crippen molar-refractivity contribution in [2.75, 3.05) is 13.1 Å². The zero-order chi connectivity index (χ0) is 10.7. The second-order valence-corrected chi connectivity index (χ2v) is 5.10. The maximum absolute atomic E-state index is 6.08. The first kappa shape index (κ1) is 12.0. The first-order chi connectivity index (χ1) is 6.56. The Labute approximate surface area is 88.8 Å². The average Bonchev–Trinajstić information content (AvgIpc) is 2.64. The summed E-state index contributed by atoms with van der Waals surface area (Å²) in [5.41, 5.74) is 6.08. The Morgan fingerprint density at radius 2 is 2.00 bits per heavy atom. The van der Waals surface area contributed by atoms with Crippen LogP contribution in [0.4, 0.5) is 0 Å². The molecule has 2 heteroatoms. The summed E-state index contributed by atoms with van der Waals surface area (Å²) < 4.78 is 0. The zero-order valence-corrected chi connectivity index (χ0v) is 10.2. The van der Waals surface area contributed by atoms with Crippen molar-refractivity contribution in [3.8, 4) is 0 Å². The van der Waals surface area contributed by atoms with Crippen LogP contribution in [0.25, 0.3) is 0 Å². The predicted molar refractivity (Wildman–Crippen MR) is 62.2 cm³/mol. The number of nitrogens with zero attached hydrogens (tertiary/aromatic N) is 1. The summed E-state index contributed by atoms with van der Waals surface area (Å²) in [7, 11) is 0. The molecule has 2 N–H and O–H groups in total. The molecular formula is C12H26N2. The number of nitrogens with two attached hydrogens (primary N) is 1. The van der Waals surface area contributed by atoms with Gasteiger partial charge in [-0.25, -0.2) is 0 Å². The van der Waals surface area contributed by atoms with Gasteiger partial charge in [0.1, 0.15) is 0 Å². The molecule has 1 fully saturated rings. The van der Waals surface area contributed by atoms with Gasteiger partial charge in [-0.15, -0.1) is 0 Å². The molecule has 0 aliphatic carbocycles. The maximum Gasteiger partial charge on any atom is 0.0218 e. The largest absolute Gasteiger partial charge is 0.326 e. The summed E-state index contributed by atoms with van der Waals surface area (Å²) >= 11 is 0. The molecule has 2 nitrogen and oxygen atoms in total. The molecule has 0 saturated carbocycles. The minimum Gasteiger partial charge on any atom is -0.326 e. The Morgan fingerprint density at radius 1 is 1.36 bits per heavy atom. The van der Waals surface area contributed by atoms with Crippen molar-refractivity contribution in [1.82, 2.24) is 4.90 Å². The molecule has 0 radical (unpaired) electrons. The Morgan fingerprint density at radius 3 is 2.43 bits per heavy atom. The Hall–Kier alpha value is -0.0800.